The molecule has 2 N–H and O–H groups in total. The van der Waals surface area contributed by atoms with Gasteiger partial charge in [-0.1, -0.05) is 30.3 Å². The van der Waals surface area contributed by atoms with Crippen molar-refractivity contribution in [3.05, 3.63) is 88.5 Å². The van der Waals surface area contributed by atoms with Crippen molar-refractivity contribution in [3.63, 3.8) is 0 Å². The molecule has 27 heavy (non-hydrogen) atoms. The Morgan fingerprint density at radius 3 is 2.37 bits per heavy atom. The van der Waals surface area contributed by atoms with E-state index < -0.39 is 10.8 Å². The summed E-state index contributed by atoms with van der Waals surface area (Å²) >= 11 is 0. The van der Waals surface area contributed by atoms with Gasteiger partial charge < -0.3 is 15.4 Å². The molecular formula is C20H17N3O4. The molecule has 0 spiro atoms. The monoisotopic (exact) mass is 363 g/mol. The van der Waals surface area contributed by atoms with E-state index in [0.29, 0.717) is 22.8 Å². The summed E-state index contributed by atoms with van der Waals surface area (Å²) in [5.41, 5.74) is 1.49. The number of amides is 1. The first-order chi connectivity index (χ1) is 13.1. The minimum atomic E-state index is -0.523. The van der Waals surface area contributed by atoms with Gasteiger partial charge in [-0.2, -0.15) is 0 Å². The molecule has 136 valence electrons. The van der Waals surface area contributed by atoms with Gasteiger partial charge in [0.2, 0.25) is 0 Å². The molecule has 1 amide bonds. The van der Waals surface area contributed by atoms with Crippen LogP contribution in [0.2, 0.25) is 0 Å². The van der Waals surface area contributed by atoms with Gasteiger partial charge >= 0.3 is 0 Å². The van der Waals surface area contributed by atoms with Gasteiger partial charge in [0.25, 0.3) is 11.6 Å². The van der Waals surface area contributed by atoms with Crippen molar-refractivity contribution in [3.8, 4) is 5.75 Å². The minimum absolute atomic E-state index is 0.172. The number of ether oxygens (including phenoxy) is 1. The number of nitrogens with one attached hydrogen (secondary N) is 2. The fraction of sp³-hybridized carbons (Fsp3) is 0.0500. The van der Waals surface area contributed by atoms with Gasteiger partial charge in [0, 0.05) is 17.3 Å². The Balaban J connectivity index is 1.87. The Labute approximate surface area is 155 Å². The van der Waals surface area contributed by atoms with Crippen LogP contribution in [-0.2, 0) is 0 Å². The molecule has 0 aliphatic heterocycles. The summed E-state index contributed by atoms with van der Waals surface area (Å²) in [5.74, 6) is 0.0385. The quantitative estimate of drug-likeness (QED) is 0.493. The van der Waals surface area contributed by atoms with E-state index in [1.807, 2.05) is 18.2 Å². The van der Waals surface area contributed by atoms with Crippen LogP contribution < -0.4 is 15.4 Å². The molecule has 0 radical (unpaired) electrons. The molecule has 3 aromatic rings. The number of hydrogen-bond acceptors (Lipinski definition) is 5. The van der Waals surface area contributed by atoms with E-state index in [0.717, 1.165) is 0 Å². The van der Waals surface area contributed by atoms with E-state index in [4.69, 9.17) is 4.74 Å². The van der Waals surface area contributed by atoms with E-state index in [2.05, 4.69) is 10.6 Å². The molecule has 3 aromatic carbocycles. The topological polar surface area (TPSA) is 93.5 Å². The van der Waals surface area contributed by atoms with Crippen molar-refractivity contribution >= 4 is 28.7 Å². The van der Waals surface area contributed by atoms with Crippen molar-refractivity contribution in [2.75, 3.05) is 17.7 Å². The molecule has 0 saturated carbocycles. The predicted molar refractivity (Wildman–Crippen MR) is 104 cm³/mol. The number of nitrogens with zero attached hydrogens (tertiary/aromatic N) is 1. The molecule has 0 saturated heterocycles. The summed E-state index contributed by atoms with van der Waals surface area (Å²) < 4.78 is 5.20. The number of hydrogen-bond donors (Lipinski definition) is 2. The first-order valence-corrected chi connectivity index (χ1v) is 8.13. The number of carbonyl (C=O) groups excluding carboxylic acids is 1. The highest BCUT2D eigenvalue weighted by molar-refractivity contribution is 6.05. The maximum atomic E-state index is 12.5. The first kappa shape index (κ1) is 17.9. The van der Waals surface area contributed by atoms with Gasteiger partial charge in [0.1, 0.15) is 11.4 Å². The zero-order valence-corrected chi connectivity index (χ0v) is 14.5. The second-order valence-electron chi connectivity index (χ2n) is 5.63. The van der Waals surface area contributed by atoms with Crippen LogP contribution in [0.3, 0.4) is 0 Å². The lowest BCUT2D eigenvalue weighted by atomic mass is 10.1. The van der Waals surface area contributed by atoms with E-state index in [1.165, 1.54) is 25.3 Å². The smallest absolute Gasteiger partial charge is 0.293 e. The molecule has 3 rings (SSSR count). The summed E-state index contributed by atoms with van der Waals surface area (Å²) in [5, 5.41) is 17.2. The number of nitro groups is 1. The SMILES string of the molecule is COc1ccccc1NC(=O)c1ccc(Nc2ccccc2)c([N+](=O)[O-])c1. The Kier molecular flexibility index (Phi) is 5.32. The van der Waals surface area contributed by atoms with Crippen LogP contribution >= 0.6 is 0 Å². The van der Waals surface area contributed by atoms with Gasteiger partial charge in [0.15, 0.2) is 0 Å². The third kappa shape index (κ3) is 4.21. The number of anilines is 3. The first-order valence-electron chi connectivity index (χ1n) is 8.13. The fourth-order valence-corrected chi connectivity index (χ4v) is 2.55. The lowest BCUT2D eigenvalue weighted by Gasteiger charge is -2.11. The lowest BCUT2D eigenvalue weighted by molar-refractivity contribution is -0.383. The normalized spacial score (nSPS) is 10.1. The molecule has 0 heterocycles. The van der Waals surface area contributed by atoms with Gasteiger partial charge in [-0.15, -0.1) is 0 Å². The van der Waals surface area contributed by atoms with Crippen molar-refractivity contribution in [2.45, 2.75) is 0 Å². The van der Waals surface area contributed by atoms with Crippen LogP contribution in [0.1, 0.15) is 10.4 Å². The minimum Gasteiger partial charge on any atom is -0.495 e. The molecule has 7 nitrogen and oxygen atoms in total. The number of rotatable bonds is 6. The Hall–Kier alpha value is -3.87. The number of methoxy groups -OCH3 is 1. The highest BCUT2D eigenvalue weighted by Gasteiger charge is 2.18. The van der Waals surface area contributed by atoms with Gasteiger partial charge in [-0.25, -0.2) is 0 Å². The summed E-state index contributed by atoms with van der Waals surface area (Å²) in [6.45, 7) is 0. The second-order valence-corrected chi connectivity index (χ2v) is 5.63. The molecule has 0 atom stereocenters. The van der Waals surface area contributed by atoms with Crippen LogP contribution in [0.15, 0.2) is 72.8 Å². The molecule has 7 heteroatoms. The molecule has 0 aromatic heterocycles. The van der Waals surface area contributed by atoms with Crippen molar-refractivity contribution < 1.29 is 14.5 Å². The predicted octanol–water partition coefficient (Wildman–Crippen LogP) is 4.60. The van der Waals surface area contributed by atoms with Gasteiger partial charge in [-0.3, -0.25) is 14.9 Å². The summed E-state index contributed by atoms with van der Waals surface area (Å²) in [4.78, 5) is 23.5. The van der Waals surface area contributed by atoms with Crippen LogP contribution in [-0.4, -0.2) is 17.9 Å². The molecule has 0 aliphatic rings. The maximum absolute atomic E-state index is 12.5. The third-order valence-electron chi connectivity index (χ3n) is 3.86. The Morgan fingerprint density at radius 1 is 0.963 bits per heavy atom. The fourth-order valence-electron chi connectivity index (χ4n) is 2.55. The molecule has 0 unspecified atom stereocenters. The number of nitro benzene ring substituents is 1. The maximum Gasteiger partial charge on any atom is 0.293 e. The summed E-state index contributed by atoms with van der Waals surface area (Å²) in [6, 6.07) is 20.3. The zero-order valence-electron chi connectivity index (χ0n) is 14.5. The Morgan fingerprint density at radius 2 is 1.67 bits per heavy atom. The van der Waals surface area contributed by atoms with Crippen molar-refractivity contribution in [2.24, 2.45) is 0 Å². The molecular weight excluding hydrogens is 346 g/mol. The molecule has 0 fully saturated rings. The zero-order chi connectivity index (χ0) is 19.2. The van der Waals surface area contributed by atoms with Crippen LogP contribution in [0, 0.1) is 10.1 Å². The van der Waals surface area contributed by atoms with Crippen LogP contribution in [0.25, 0.3) is 0 Å². The van der Waals surface area contributed by atoms with Gasteiger partial charge in [0.05, 0.1) is 17.7 Å². The van der Waals surface area contributed by atoms with Gasteiger partial charge in [-0.05, 0) is 36.4 Å². The third-order valence-corrected chi connectivity index (χ3v) is 3.86. The second kappa shape index (κ2) is 8.01. The highest BCUT2D eigenvalue weighted by Crippen LogP contribution is 2.30. The largest absolute Gasteiger partial charge is 0.495 e. The van der Waals surface area contributed by atoms with E-state index in [9.17, 15) is 14.9 Å². The van der Waals surface area contributed by atoms with Crippen molar-refractivity contribution in [1.82, 2.24) is 0 Å². The van der Waals surface area contributed by atoms with Crippen molar-refractivity contribution in [1.29, 1.82) is 0 Å². The Bertz CT molecular complexity index is 974. The lowest BCUT2D eigenvalue weighted by Crippen LogP contribution is -2.13. The number of para-hydroxylation sites is 3. The van der Waals surface area contributed by atoms with E-state index in [1.54, 1.807) is 36.4 Å². The summed E-state index contributed by atoms with van der Waals surface area (Å²) in [7, 11) is 1.50. The molecule has 0 bridgehead atoms. The molecule has 0 aliphatic carbocycles. The number of benzene rings is 3. The number of carbonyl (C=O) groups is 1. The van der Waals surface area contributed by atoms with E-state index in [-0.39, 0.29) is 11.3 Å². The average Bonchev–Trinajstić information content (AvgIpc) is 2.69. The van der Waals surface area contributed by atoms with Crippen LogP contribution in [0.4, 0.5) is 22.7 Å². The average molecular weight is 363 g/mol. The summed E-state index contributed by atoms with van der Waals surface area (Å²) in [6.07, 6.45) is 0. The van der Waals surface area contributed by atoms with E-state index >= 15 is 0 Å². The van der Waals surface area contributed by atoms with Crippen LogP contribution in [0.5, 0.6) is 5.75 Å². The highest BCUT2D eigenvalue weighted by atomic mass is 16.6. The standard InChI is InChI=1S/C20H17N3O4/c1-27-19-10-6-5-9-17(19)22-20(24)14-11-12-16(18(13-14)23(25)26)21-15-7-3-2-4-8-15/h2-13,21H,1H3,(H,22,24).